The fraction of sp³-hybridized carbons (Fsp3) is 0.565. The molecular formula is C23H29N7O. The quantitative estimate of drug-likeness (QED) is 0.747. The second-order valence-electron chi connectivity index (χ2n) is 8.90. The van der Waals surface area contributed by atoms with E-state index in [1.807, 2.05) is 15.6 Å². The first-order valence-corrected chi connectivity index (χ1v) is 11.3. The molecular weight excluding hydrogens is 390 g/mol. The summed E-state index contributed by atoms with van der Waals surface area (Å²) in [4.78, 5) is 24.2. The van der Waals surface area contributed by atoms with Crippen molar-refractivity contribution in [3.05, 3.63) is 40.8 Å². The topological polar surface area (TPSA) is 81.3 Å². The van der Waals surface area contributed by atoms with E-state index >= 15 is 0 Å². The standard InChI is InChI=1S/C23H29N7O/c1-17-20-15-27(16-23(31)29-11-9-28(10-12-29)19-3-2-4-19)8-7-21(20)26-30(17)22-6-5-18(13-24)14-25-22/h5-6,14,19H,2-4,7-12,15-16H2,1H3. The van der Waals surface area contributed by atoms with Crippen LogP contribution in [0.25, 0.3) is 5.82 Å². The van der Waals surface area contributed by atoms with E-state index in [1.54, 1.807) is 12.3 Å². The number of rotatable bonds is 4. The number of carbonyl (C=O) groups is 1. The van der Waals surface area contributed by atoms with Gasteiger partial charge in [-0.3, -0.25) is 14.6 Å². The van der Waals surface area contributed by atoms with Crippen molar-refractivity contribution in [3.8, 4) is 11.9 Å². The van der Waals surface area contributed by atoms with E-state index in [0.717, 1.165) is 68.9 Å². The number of hydrogen-bond donors (Lipinski definition) is 0. The molecule has 2 aromatic heterocycles. The third kappa shape index (κ3) is 3.95. The number of nitriles is 1. The molecule has 0 N–H and O–H groups in total. The Balaban J connectivity index is 1.21. The van der Waals surface area contributed by atoms with Crippen LogP contribution in [0.1, 0.15) is 41.8 Å². The van der Waals surface area contributed by atoms with Crippen molar-refractivity contribution < 1.29 is 4.79 Å². The van der Waals surface area contributed by atoms with Gasteiger partial charge < -0.3 is 4.90 Å². The number of carbonyl (C=O) groups excluding carboxylic acids is 1. The van der Waals surface area contributed by atoms with E-state index < -0.39 is 0 Å². The Morgan fingerprint density at radius 1 is 1.19 bits per heavy atom. The number of fused-ring (bicyclic) bond motifs is 1. The minimum atomic E-state index is 0.246. The molecule has 0 radical (unpaired) electrons. The number of piperazine rings is 1. The first-order valence-electron chi connectivity index (χ1n) is 11.3. The molecule has 1 amide bonds. The smallest absolute Gasteiger partial charge is 0.236 e. The minimum absolute atomic E-state index is 0.246. The minimum Gasteiger partial charge on any atom is -0.339 e. The third-order valence-corrected chi connectivity index (χ3v) is 7.08. The zero-order valence-electron chi connectivity index (χ0n) is 18.1. The Morgan fingerprint density at radius 3 is 2.65 bits per heavy atom. The summed E-state index contributed by atoms with van der Waals surface area (Å²) in [6.07, 6.45) is 6.43. The van der Waals surface area contributed by atoms with E-state index in [-0.39, 0.29) is 5.91 Å². The highest BCUT2D eigenvalue weighted by Crippen LogP contribution is 2.26. The zero-order valence-corrected chi connectivity index (χ0v) is 18.1. The second kappa shape index (κ2) is 8.40. The Kier molecular flexibility index (Phi) is 5.47. The summed E-state index contributed by atoms with van der Waals surface area (Å²) in [6.45, 7) is 7.86. The molecule has 8 nitrogen and oxygen atoms in total. The summed E-state index contributed by atoms with van der Waals surface area (Å²) >= 11 is 0. The highest BCUT2D eigenvalue weighted by atomic mass is 16.2. The molecule has 5 rings (SSSR count). The first-order chi connectivity index (χ1) is 15.1. The molecule has 3 aliphatic rings. The van der Waals surface area contributed by atoms with Gasteiger partial charge in [-0.25, -0.2) is 9.67 Å². The van der Waals surface area contributed by atoms with Crippen molar-refractivity contribution in [1.29, 1.82) is 5.26 Å². The number of hydrogen-bond acceptors (Lipinski definition) is 6. The van der Waals surface area contributed by atoms with Crippen LogP contribution < -0.4 is 0 Å². The summed E-state index contributed by atoms with van der Waals surface area (Å²) in [7, 11) is 0. The highest BCUT2D eigenvalue weighted by molar-refractivity contribution is 5.78. The highest BCUT2D eigenvalue weighted by Gasteiger charge is 2.31. The lowest BCUT2D eigenvalue weighted by Crippen LogP contribution is -2.55. The van der Waals surface area contributed by atoms with Crippen molar-refractivity contribution >= 4 is 5.91 Å². The number of aromatic nitrogens is 3. The lowest BCUT2D eigenvalue weighted by molar-refractivity contribution is -0.135. The summed E-state index contributed by atoms with van der Waals surface area (Å²) < 4.78 is 1.86. The first kappa shape index (κ1) is 20.2. The summed E-state index contributed by atoms with van der Waals surface area (Å²) in [6, 6.07) is 6.45. The van der Waals surface area contributed by atoms with Crippen LogP contribution in [-0.2, 0) is 17.8 Å². The van der Waals surface area contributed by atoms with Crippen LogP contribution >= 0.6 is 0 Å². The fourth-order valence-corrected chi connectivity index (χ4v) is 4.88. The molecule has 0 unspecified atom stereocenters. The van der Waals surface area contributed by atoms with E-state index in [0.29, 0.717) is 12.1 Å². The maximum atomic E-state index is 12.9. The third-order valence-electron chi connectivity index (χ3n) is 7.08. The Morgan fingerprint density at radius 2 is 2.00 bits per heavy atom. The van der Waals surface area contributed by atoms with Crippen LogP contribution in [0.15, 0.2) is 18.3 Å². The van der Waals surface area contributed by atoms with Gasteiger partial charge >= 0.3 is 0 Å². The van der Waals surface area contributed by atoms with Gasteiger partial charge in [-0.05, 0) is 31.9 Å². The Hall–Kier alpha value is -2.76. The normalized spacial score (nSPS) is 20.2. The molecule has 1 saturated carbocycles. The van der Waals surface area contributed by atoms with Gasteiger partial charge in [0.1, 0.15) is 6.07 Å². The molecule has 1 aliphatic carbocycles. The van der Waals surface area contributed by atoms with E-state index in [2.05, 4.69) is 27.8 Å². The SMILES string of the molecule is Cc1c2c(nn1-c1ccc(C#N)cn1)CCN(CC(=O)N1CCN(C3CCC3)CC1)C2. The molecule has 162 valence electrons. The number of amides is 1. The molecule has 0 spiro atoms. The zero-order chi connectivity index (χ0) is 21.4. The maximum absolute atomic E-state index is 12.9. The van der Waals surface area contributed by atoms with Crippen LogP contribution in [0.4, 0.5) is 0 Å². The van der Waals surface area contributed by atoms with Gasteiger partial charge in [0.25, 0.3) is 0 Å². The van der Waals surface area contributed by atoms with Gasteiger partial charge in [-0.15, -0.1) is 0 Å². The van der Waals surface area contributed by atoms with Crippen molar-refractivity contribution in [2.24, 2.45) is 0 Å². The molecule has 0 atom stereocenters. The largest absolute Gasteiger partial charge is 0.339 e. The van der Waals surface area contributed by atoms with Crippen LogP contribution in [0.3, 0.4) is 0 Å². The van der Waals surface area contributed by atoms with Crippen molar-refractivity contribution in [3.63, 3.8) is 0 Å². The summed E-state index contributed by atoms with van der Waals surface area (Å²) in [5, 5.41) is 13.7. The van der Waals surface area contributed by atoms with Crippen LogP contribution in [0.2, 0.25) is 0 Å². The predicted molar refractivity (Wildman–Crippen MR) is 116 cm³/mol. The molecule has 31 heavy (non-hydrogen) atoms. The predicted octanol–water partition coefficient (Wildman–Crippen LogP) is 1.50. The van der Waals surface area contributed by atoms with Gasteiger partial charge in [0.05, 0.1) is 17.8 Å². The van der Waals surface area contributed by atoms with Gasteiger partial charge in [-0.2, -0.15) is 10.4 Å². The number of nitrogens with zero attached hydrogens (tertiary/aromatic N) is 7. The average Bonchev–Trinajstić information content (AvgIpc) is 3.09. The van der Waals surface area contributed by atoms with Crippen LogP contribution in [0, 0.1) is 18.3 Å². The lowest BCUT2D eigenvalue weighted by Gasteiger charge is -2.43. The molecule has 0 aromatic carbocycles. The molecule has 1 saturated heterocycles. The van der Waals surface area contributed by atoms with Gasteiger partial charge in [0, 0.05) is 69.2 Å². The van der Waals surface area contributed by atoms with Crippen molar-refractivity contribution in [2.75, 3.05) is 39.3 Å². The summed E-state index contributed by atoms with van der Waals surface area (Å²) in [5.74, 6) is 0.966. The molecule has 8 heteroatoms. The Bertz CT molecular complexity index is 994. The van der Waals surface area contributed by atoms with Gasteiger partial charge in [0.2, 0.25) is 5.91 Å². The molecule has 2 aromatic rings. The van der Waals surface area contributed by atoms with E-state index in [1.165, 1.54) is 24.8 Å². The van der Waals surface area contributed by atoms with Crippen LogP contribution in [0.5, 0.6) is 0 Å². The van der Waals surface area contributed by atoms with Crippen LogP contribution in [-0.4, -0.2) is 80.7 Å². The molecule has 0 bridgehead atoms. The number of pyridine rings is 1. The lowest BCUT2D eigenvalue weighted by atomic mass is 9.91. The maximum Gasteiger partial charge on any atom is 0.236 e. The monoisotopic (exact) mass is 419 g/mol. The van der Waals surface area contributed by atoms with Crippen molar-refractivity contribution in [1.82, 2.24) is 29.5 Å². The Labute approximate surface area is 183 Å². The average molecular weight is 420 g/mol. The fourth-order valence-electron chi connectivity index (χ4n) is 4.88. The van der Waals surface area contributed by atoms with Gasteiger partial charge in [0.15, 0.2) is 5.82 Å². The molecule has 2 fully saturated rings. The molecule has 4 heterocycles. The van der Waals surface area contributed by atoms with E-state index in [9.17, 15) is 4.79 Å². The summed E-state index contributed by atoms with van der Waals surface area (Å²) in [5.41, 5.74) is 3.87. The van der Waals surface area contributed by atoms with Gasteiger partial charge in [-0.1, -0.05) is 6.42 Å². The molecule has 2 aliphatic heterocycles. The van der Waals surface area contributed by atoms with Crippen molar-refractivity contribution in [2.45, 2.75) is 45.2 Å². The van der Waals surface area contributed by atoms with E-state index in [4.69, 9.17) is 10.4 Å². The second-order valence-corrected chi connectivity index (χ2v) is 8.90.